The molecule has 1 rings (SSSR count). The van der Waals surface area contributed by atoms with E-state index in [0.717, 1.165) is 32.1 Å². The molecule has 0 atom stereocenters. The van der Waals surface area contributed by atoms with Gasteiger partial charge in [-0.3, -0.25) is 5.41 Å². The maximum atomic E-state index is 12.5. The van der Waals surface area contributed by atoms with Crippen LogP contribution in [-0.2, 0) is 0 Å². The van der Waals surface area contributed by atoms with Crippen LogP contribution >= 0.6 is 0 Å². The number of hydrogen-bond acceptors (Lipinski definition) is 1. The van der Waals surface area contributed by atoms with Gasteiger partial charge in [0.15, 0.2) is 0 Å². The molecule has 1 fully saturated rings. The van der Waals surface area contributed by atoms with E-state index >= 15 is 0 Å². The minimum atomic E-state index is -4.23. The molecule has 2 nitrogen and oxygen atoms in total. The fourth-order valence-electron chi connectivity index (χ4n) is 2.35. The number of halogens is 3. The maximum Gasteiger partial charge on any atom is 0.405 e. The summed E-state index contributed by atoms with van der Waals surface area (Å²) in [6, 6.07) is -0.272. The lowest BCUT2D eigenvalue weighted by atomic mass is 9.87. The van der Waals surface area contributed by atoms with Crippen LogP contribution in [0.4, 0.5) is 13.2 Å². The first-order valence-corrected chi connectivity index (χ1v) is 6.23. The van der Waals surface area contributed by atoms with Gasteiger partial charge in [0.05, 0.1) is 5.84 Å². The van der Waals surface area contributed by atoms with Crippen molar-refractivity contribution in [2.24, 2.45) is 5.92 Å². The second-order valence-electron chi connectivity index (χ2n) is 5.06. The predicted molar refractivity (Wildman–Crippen MR) is 62.2 cm³/mol. The molecule has 100 valence electrons. The van der Waals surface area contributed by atoms with Crippen molar-refractivity contribution in [3.63, 3.8) is 0 Å². The molecular weight excluding hydrogens is 229 g/mol. The summed E-state index contributed by atoms with van der Waals surface area (Å²) in [5, 5.41) is 7.98. The Hall–Kier alpha value is -0.740. The zero-order chi connectivity index (χ0) is 13.1. The summed E-state index contributed by atoms with van der Waals surface area (Å²) in [6.07, 6.45) is 0.700. The van der Waals surface area contributed by atoms with Gasteiger partial charge in [0, 0.05) is 12.0 Å². The second-order valence-corrected chi connectivity index (χ2v) is 5.06. The highest BCUT2D eigenvalue weighted by Crippen LogP contribution is 2.28. The van der Waals surface area contributed by atoms with Crippen LogP contribution in [0.3, 0.4) is 0 Å². The Morgan fingerprint density at radius 3 is 2.18 bits per heavy atom. The van der Waals surface area contributed by atoms with Gasteiger partial charge < -0.3 is 4.90 Å². The molecule has 1 aliphatic rings. The van der Waals surface area contributed by atoms with Gasteiger partial charge in [0.2, 0.25) is 0 Å². The standard InChI is InChI=1S/C12H21F3N2/c1-9(2)17(8-12(13,14)15)11(16)10-6-4-3-5-7-10/h9-10,16H,3-8H2,1-2H3. The molecule has 0 bridgehead atoms. The molecule has 1 aliphatic carbocycles. The summed E-state index contributed by atoms with van der Waals surface area (Å²) in [7, 11) is 0. The van der Waals surface area contributed by atoms with E-state index in [1.165, 1.54) is 4.90 Å². The van der Waals surface area contributed by atoms with Gasteiger partial charge >= 0.3 is 6.18 Å². The smallest absolute Gasteiger partial charge is 0.349 e. The Morgan fingerprint density at radius 2 is 1.76 bits per heavy atom. The molecule has 0 amide bonds. The van der Waals surface area contributed by atoms with Crippen molar-refractivity contribution in [2.45, 2.75) is 58.2 Å². The van der Waals surface area contributed by atoms with Crippen LogP contribution in [0.1, 0.15) is 46.0 Å². The van der Waals surface area contributed by atoms with Crippen LogP contribution < -0.4 is 0 Å². The highest BCUT2D eigenvalue weighted by molar-refractivity contribution is 5.82. The van der Waals surface area contributed by atoms with Gasteiger partial charge in [-0.15, -0.1) is 0 Å². The van der Waals surface area contributed by atoms with Crippen LogP contribution in [0.2, 0.25) is 0 Å². The Bertz CT molecular complexity index is 255. The van der Waals surface area contributed by atoms with Crippen LogP contribution in [0.5, 0.6) is 0 Å². The molecule has 0 aromatic heterocycles. The van der Waals surface area contributed by atoms with Crippen molar-refractivity contribution in [3.8, 4) is 0 Å². The highest BCUT2D eigenvalue weighted by atomic mass is 19.4. The fourth-order valence-corrected chi connectivity index (χ4v) is 2.35. The van der Waals surface area contributed by atoms with Gasteiger partial charge in [0.1, 0.15) is 6.54 Å². The number of rotatable bonds is 3. The third-order valence-electron chi connectivity index (χ3n) is 3.27. The van der Waals surface area contributed by atoms with Crippen molar-refractivity contribution in [1.82, 2.24) is 4.90 Å². The van der Waals surface area contributed by atoms with Crippen molar-refractivity contribution in [1.29, 1.82) is 5.41 Å². The molecule has 0 aliphatic heterocycles. The molecule has 5 heteroatoms. The zero-order valence-corrected chi connectivity index (χ0v) is 10.5. The number of nitrogens with zero attached hydrogens (tertiary/aromatic N) is 1. The van der Waals surface area contributed by atoms with E-state index in [9.17, 15) is 13.2 Å². The monoisotopic (exact) mass is 250 g/mol. The lowest BCUT2D eigenvalue weighted by molar-refractivity contribution is -0.141. The summed E-state index contributed by atoms with van der Waals surface area (Å²) in [5.74, 6) is 0.200. The lowest BCUT2D eigenvalue weighted by Gasteiger charge is -2.35. The van der Waals surface area contributed by atoms with Gasteiger partial charge in [-0.1, -0.05) is 19.3 Å². The normalized spacial score (nSPS) is 18.5. The van der Waals surface area contributed by atoms with Gasteiger partial charge in [-0.2, -0.15) is 13.2 Å². The summed E-state index contributed by atoms with van der Waals surface area (Å²) >= 11 is 0. The third kappa shape index (κ3) is 4.56. The van der Waals surface area contributed by atoms with Crippen LogP contribution in [-0.4, -0.2) is 29.5 Å². The minimum Gasteiger partial charge on any atom is -0.349 e. The molecule has 17 heavy (non-hydrogen) atoms. The molecule has 0 saturated heterocycles. The van der Waals surface area contributed by atoms with E-state index < -0.39 is 12.7 Å². The van der Waals surface area contributed by atoms with Crippen LogP contribution in [0.25, 0.3) is 0 Å². The topological polar surface area (TPSA) is 27.1 Å². The summed E-state index contributed by atoms with van der Waals surface area (Å²) in [4.78, 5) is 1.19. The number of hydrogen-bond donors (Lipinski definition) is 1. The Labute approximate surface area is 101 Å². The van der Waals surface area contributed by atoms with Crippen molar-refractivity contribution < 1.29 is 13.2 Å². The predicted octanol–water partition coefficient (Wildman–Crippen LogP) is 3.82. The molecule has 0 aromatic carbocycles. The zero-order valence-electron chi connectivity index (χ0n) is 10.5. The minimum absolute atomic E-state index is 0.0218. The first kappa shape index (κ1) is 14.3. The number of nitrogens with one attached hydrogen (secondary N) is 1. The first-order valence-electron chi connectivity index (χ1n) is 6.23. The average Bonchev–Trinajstić information content (AvgIpc) is 2.25. The molecular formula is C12H21F3N2. The number of amidine groups is 1. The first-order chi connectivity index (χ1) is 7.81. The largest absolute Gasteiger partial charge is 0.405 e. The van der Waals surface area contributed by atoms with Gasteiger partial charge in [-0.25, -0.2) is 0 Å². The quantitative estimate of drug-likeness (QED) is 0.598. The lowest BCUT2D eigenvalue weighted by Crippen LogP contribution is -2.46. The molecule has 0 radical (unpaired) electrons. The molecule has 0 unspecified atom stereocenters. The molecule has 1 saturated carbocycles. The highest BCUT2D eigenvalue weighted by Gasteiger charge is 2.35. The average molecular weight is 250 g/mol. The van der Waals surface area contributed by atoms with E-state index in [0.29, 0.717) is 0 Å². The Morgan fingerprint density at radius 1 is 1.24 bits per heavy atom. The summed E-state index contributed by atoms with van der Waals surface area (Å²) in [6.45, 7) is 2.42. The van der Waals surface area contributed by atoms with Crippen LogP contribution in [0, 0.1) is 11.3 Å². The van der Waals surface area contributed by atoms with E-state index in [2.05, 4.69) is 0 Å². The third-order valence-corrected chi connectivity index (χ3v) is 3.27. The van der Waals surface area contributed by atoms with Crippen molar-refractivity contribution in [3.05, 3.63) is 0 Å². The Balaban J connectivity index is 2.66. The molecule has 1 N–H and O–H groups in total. The number of alkyl halides is 3. The second kappa shape index (κ2) is 5.74. The summed E-state index contributed by atoms with van der Waals surface area (Å²) < 4.78 is 37.4. The van der Waals surface area contributed by atoms with Gasteiger partial charge in [-0.05, 0) is 26.7 Å². The van der Waals surface area contributed by atoms with E-state index in [4.69, 9.17) is 5.41 Å². The van der Waals surface area contributed by atoms with E-state index in [-0.39, 0.29) is 17.8 Å². The summed E-state index contributed by atoms with van der Waals surface area (Å²) in [5.41, 5.74) is 0. The fraction of sp³-hybridized carbons (Fsp3) is 0.917. The maximum absolute atomic E-state index is 12.5. The van der Waals surface area contributed by atoms with E-state index in [1.807, 2.05) is 0 Å². The molecule has 0 spiro atoms. The molecule has 0 heterocycles. The Kier molecular flexibility index (Phi) is 4.83. The van der Waals surface area contributed by atoms with Crippen molar-refractivity contribution >= 4 is 5.84 Å². The van der Waals surface area contributed by atoms with Crippen molar-refractivity contribution in [2.75, 3.05) is 6.54 Å². The van der Waals surface area contributed by atoms with E-state index in [1.54, 1.807) is 13.8 Å². The molecule has 0 aromatic rings. The SMILES string of the molecule is CC(C)N(CC(F)(F)F)C(=N)C1CCCCC1. The van der Waals surface area contributed by atoms with Gasteiger partial charge in [0.25, 0.3) is 0 Å². The van der Waals surface area contributed by atoms with Crippen LogP contribution in [0.15, 0.2) is 0 Å².